The van der Waals surface area contributed by atoms with Gasteiger partial charge in [0.15, 0.2) is 5.78 Å². The first kappa shape index (κ1) is 29.5. The van der Waals surface area contributed by atoms with Gasteiger partial charge in [0, 0.05) is 17.9 Å². The van der Waals surface area contributed by atoms with Crippen molar-refractivity contribution in [3.8, 4) is 0 Å². The van der Waals surface area contributed by atoms with Crippen LogP contribution in [0.25, 0.3) is 0 Å². The van der Waals surface area contributed by atoms with Crippen molar-refractivity contribution < 1.29 is 14.4 Å². The van der Waals surface area contributed by atoms with E-state index in [2.05, 4.69) is 54.5 Å². The van der Waals surface area contributed by atoms with E-state index in [0.717, 1.165) is 44.1 Å². The van der Waals surface area contributed by atoms with E-state index in [0.29, 0.717) is 24.0 Å². The van der Waals surface area contributed by atoms with E-state index in [1.807, 2.05) is 0 Å². The summed E-state index contributed by atoms with van der Waals surface area (Å²) >= 11 is 0. The van der Waals surface area contributed by atoms with Crippen molar-refractivity contribution in [1.82, 2.24) is 0 Å². The van der Waals surface area contributed by atoms with Crippen LogP contribution in [0.2, 0.25) is 0 Å². The number of hydrogen-bond acceptors (Lipinski definition) is 3. The number of hydrogen-bond donors (Lipinski definition) is 0. The summed E-state index contributed by atoms with van der Waals surface area (Å²) in [5.74, 6) is 1.80. The first-order valence-corrected chi connectivity index (χ1v) is 14.3. The molecule has 1 aromatic rings. The van der Waals surface area contributed by atoms with Gasteiger partial charge in [-0.3, -0.25) is 14.4 Å². The Morgan fingerprint density at radius 3 is 2.20 bits per heavy atom. The molecule has 0 saturated heterocycles. The Hall–Kier alpha value is -1.77. The number of carbonyl (C=O) groups is 3. The van der Waals surface area contributed by atoms with Crippen LogP contribution in [-0.2, 0) is 22.4 Å². The first-order valence-electron chi connectivity index (χ1n) is 14.3. The molecule has 2 rings (SSSR count). The Kier molecular flexibility index (Phi) is 11.4. The molecule has 3 atom stereocenters. The lowest BCUT2D eigenvalue weighted by Crippen LogP contribution is -2.30. The van der Waals surface area contributed by atoms with Gasteiger partial charge in [-0.05, 0) is 85.5 Å². The molecule has 0 radical (unpaired) electrons. The van der Waals surface area contributed by atoms with Crippen molar-refractivity contribution in [1.29, 1.82) is 0 Å². The lowest BCUT2D eigenvalue weighted by Gasteiger charge is -2.34. The summed E-state index contributed by atoms with van der Waals surface area (Å²) in [6, 6.07) is 2.40. The third kappa shape index (κ3) is 7.37. The SMILES string of the molecule is CCCC(CC1CC(=O)c2c(C)c(CC(CC)CC)cc(C(C)C)c2C1)C(CC)C(=O)CC(C)=O. The Balaban J connectivity index is 2.39. The molecule has 3 nitrogen and oxygen atoms in total. The summed E-state index contributed by atoms with van der Waals surface area (Å²) in [6.45, 7) is 16.9. The van der Waals surface area contributed by atoms with E-state index in [9.17, 15) is 14.4 Å². The van der Waals surface area contributed by atoms with Gasteiger partial charge in [-0.25, -0.2) is 0 Å². The lowest BCUT2D eigenvalue weighted by atomic mass is 9.70. The van der Waals surface area contributed by atoms with Gasteiger partial charge in [0.1, 0.15) is 11.6 Å². The Morgan fingerprint density at radius 2 is 1.69 bits per heavy atom. The second-order valence-corrected chi connectivity index (χ2v) is 11.5. The molecule has 0 N–H and O–H groups in total. The maximum atomic E-state index is 13.6. The van der Waals surface area contributed by atoms with E-state index in [4.69, 9.17) is 0 Å². The normalized spacial score (nSPS) is 17.5. The number of Topliss-reactive ketones (excluding diaryl/α,β-unsaturated/α-hetero) is 3. The Labute approximate surface area is 214 Å². The monoisotopic (exact) mass is 482 g/mol. The van der Waals surface area contributed by atoms with Gasteiger partial charge in [0.25, 0.3) is 0 Å². The van der Waals surface area contributed by atoms with Crippen molar-refractivity contribution in [2.45, 2.75) is 126 Å². The maximum Gasteiger partial charge on any atom is 0.163 e. The summed E-state index contributed by atoms with van der Waals surface area (Å²) in [6.07, 6.45) is 8.59. The minimum atomic E-state index is -0.0796. The van der Waals surface area contributed by atoms with Crippen LogP contribution in [0.3, 0.4) is 0 Å². The molecule has 0 spiro atoms. The standard InChI is InChI=1S/C32H50O3/c1-9-13-25(27(12-4)30(34)14-21(7)33)16-24-17-29-28(20(5)6)19-26(15-23(10-2)11-3)22(8)32(29)31(35)18-24/h19-20,23-25,27H,9-18H2,1-8H3. The summed E-state index contributed by atoms with van der Waals surface area (Å²) in [5.41, 5.74) is 6.17. The molecule has 0 heterocycles. The molecular weight excluding hydrogens is 432 g/mol. The van der Waals surface area contributed by atoms with Crippen LogP contribution < -0.4 is 0 Å². The highest BCUT2D eigenvalue weighted by atomic mass is 16.1. The molecule has 1 aliphatic rings. The molecule has 3 unspecified atom stereocenters. The van der Waals surface area contributed by atoms with Crippen LogP contribution in [0, 0.1) is 30.6 Å². The van der Waals surface area contributed by atoms with Gasteiger partial charge in [-0.2, -0.15) is 0 Å². The molecule has 35 heavy (non-hydrogen) atoms. The number of fused-ring (bicyclic) bond motifs is 1. The van der Waals surface area contributed by atoms with Gasteiger partial charge in [0.05, 0.1) is 6.42 Å². The quantitative estimate of drug-likeness (QED) is 0.251. The molecule has 0 amide bonds. The van der Waals surface area contributed by atoms with E-state index < -0.39 is 0 Å². The van der Waals surface area contributed by atoms with Crippen LogP contribution >= 0.6 is 0 Å². The molecular formula is C32H50O3. The zero-order valence-electron chi connectivity index (χ0n) is 23.8. The first-order chi connectivity index (χ1) is 16.6. The van der Waals surface area contributed by atoms with E-state index >= 15 is 0 Å². The molecule has 0 bridgehead atoms. The molecule has 1 aliphatic carbocycles. The summed E-state index contributed by atoms with van der Waals surface area (Å²) in [4.78, 5) is 38.1. The third-order valence-corrected chi connectivity index (χ3v) is 8.51. The maximum absolute atomic E-state index is 13.6. The zero-order chi connectivity index (χ0) is 26.3. The Bertz CT molecular complexity index is 891. The van der Waals surface area contributed by atoms with Crippen LogP contribution in [0.15, 0.2) is 6.07 Å². The topological polar surface area (TPSA) is 51.2 Å². The van der Waals surface area contributed by atoms with Crippen LogP contribution in [0.5, 0.6) is 0 Å². The van der Waals surface area contributed by atoms with Gasteiger partial charge in [-0.15, -0.1) is 0 Å². The fourth-order valence-corrected chi connectivity index (χ4v) is 6.50. The van der Waals surface area contributed by atoms with Crippen LogP contribution in [0.4, 0.5) is 0 Å². The van der Waals surface area contributed by atoms with Gasteiger partial charge >= 0.3 is 0 Å². The fourth-order valence-electron chi connectivity index (χ4n) is 6.50. The second-order valence-electron chi connectivity index (χ2n) is 11.5. The fraction of sp³-hybridized carbons (Fsp3) is 0.719. The second kappa shape index (κ2) is 13.5. The van der Waals surface area contributed by atoms with Crippen molar-refractivity contribution in [2.24, 2.45) is 23.7 Å². The molecule has 3 heteroatoms. The largest absolute Gasteiger partial charge is 0.300 e. The highest BCUT2D eigenvalue weighted by Gasteiger charge is 2.34. The van der Waals surface area contributed by atoms with E-state index in [1.165, 1.54) is 42.0 Å². The summed E-state index contributed by atoms with van der Waals surface area (Å²) in [5, 5.41) is 0. The van der Waals surface area contributed by atoms with Crippen molar-refractivity contribution in [2.75, 3.05) is 0 Å². The minimum absolute atomic E-state index is 0.0428. The van der Waals surface area contributed by atoms with Crippen LogP contribution in [0.1, 0.15) is 138 Å². The average molecular weight is 483 g/mol. The third-order valence-electron chi connectivity index (χ3n) is 8.51. The molecule has 1 aromatic carbocycles. The summed E-state index contributed by atoms with van der Waals surface area (Å²) in [7, 11) is 0. The summed E-state index contributed by atoms with van der Waals surface area (Å²) < 4.78 is 0. The smallest absolute Gasteiger partial charge is 0.163 e. The average Bonchev–Trinajstić information content (AvgIpc) is 2.78. The van der Waals surface area contributed by atoms with Crippen molar-refractivity contribution in [3.63, 3.8) is 0 Å². The van der Waals surface area contributed by atoms with Gasteiger partial charge < -0.3 is 0 Å². The predicted octanol–water partition coefficient (Wildman–Crippen LogP) is 8.22. The van der Waals surface area contributed by atoms with Gasteiger partial charge in [-0.1, -0.05) is 73.3 Å². The highest BCUT2D eigenvalue weighted by Crippen LogP contribution is 2.40. The molecule has 0 aromatic heterocycles. The molecule has 0 saturated carbocycles. The lowest BCUT2D eigenvalue weighted by molar-refractivity contribution is -0.129. The van der Waals surface area contributed by atoms with Crippen LogP contribution in [-0.4, -0.2) is 17.3 Å². The number of benzene rings is 1. The zero-order valence-corrected chi connectivity index (χ0v) is 23.8. The molecule has 0 fully saturated rings. The van der Waals surface area contributed by atoms with Crippen molar-refractivity contribution in [3.05, 3.63) is 33.9 Å². The molecule has 0 aliphatic heterocycles. The highest BCUT2D eigenvalue weighted by molar-refractivity contribution is 6.01. The van der Waals surface area contributed by atoms with E-state index in [-0.39, 0.29) is 35.7 Å². The number of ketones is 3. The van der Waals surface area contributed by atoms with Crippen molar-refractivity contribution >= 4 is 17.3 Å². The minimum Gasteiger partial charge on any atom is -0.300 e. The van der Waals surface area contributed by atoms with Gasteiger partial charge in [0.2, 0.25) is 0 Å². The number of carbonyl (C=O) groups excluding carboxylic acids is 3. The Morgan fingerprint density at radius 1 is 1.03 bits per heavy atom. The number of rotatable bonds is 14. The predicted molar refractivity (Wildman–Crippen MR) is 146 cm³/mol. The van der Waals surface area contributed by atoms with E-state index in [1.54, 1.807) is 0 Å². The molecule has 196 valence electrons.